The Morgan fingerprint density at radius 3 is 2.25 bits per heavy atom. The number of nitro groups is 1. The topological polar surface area (TPSA) is 96.9 Å². The molecule has 0 bridgehead atoms. The number of nitro benzene ring substituents is 1. The standard InChI is InChI=1S/C22H32N6O4/c1-4-10-26(18-6-8-19(9-7-18)28(31)32)12-5-11-25-13-15-27(16-14-25)20-17-21(29)24(3)22(30)23(20)2/h6-9,17H,4-5,10-16H2,1-3H3. The van der Waals surface area contributed by atoms with Crippen LogP contribution >= 0.6 is 0 Å². The van der Waals surface area contributed by atoms with Gasteiger partial charge in [0.25, 0.3) is 11.2 Å². The Balaban J connectivity index is 1.52. The van der Waals surface area contributed by atoms with Crippen molar-refractivity contribution in [1.82, 2.24) is 14.0 Å². The van der Waals surface area contributed by atoms with Crippen molar-refractivity contribution < 1.29 is 4.92 Å². The molecule has 0 radical (unpaired) electrons. The minimum Gasteiger partial charge on any atom is -0.371 e. The lowest BCUT2D eigenvalue weighted by Crippen LogP contribution is -2.49. The lowest BCUT2D eigenvalue weighted by Gasteiger charge is -2.37. The third-order valence-electron chi connectivity index (χ3n) is 6.02. The van der Waals surface area contributed by atoms with Crippen LogP contribution in [0, 0.1) is 10.1 Å². The molecule has 0 N–H and O–H groups in total. The molecule has 3 rings (SSSR count). The number of hydrogen-bond donors (Lipinski definition) is 0. The van der Waals surface area contributed by atoms with Crippen LogP contribution in [-0.2, 0) is 14.1 Å². The minimum atomic E-state index is -0.376. The average Bonchev–Trinajstić information content (AvgIpc) is 2.80. The highest BCUT2D eigenvalue weighted by Crippen LogP contribution is 2.20. The maximum Gasteiger partial charge on any atom is 0.332 e. The zero-order chi connectivity index (χ0) is 23.3. The van der Waals surface area contributed by atoms with Crippen LogP contribution in [0.2, 0.25) is 0 Å². The maximum atomic E-state index is 12.2. The molecular weight excluding hydrogens is 412 g/mol. The number of aromatic nitrogens is 2. The van der Waals surface area contributed by atoms with E-state index >= 15 is 0 Å². The van der Waals surface area contributed by atoms with Crippen molar-refractivity contribution in [1.29, 1.82) is 0 Å². The Morgan fingerprint density at radius 2 is 1.66 bits per heavy atom. The van der Waals surface area contributed by atoms with Gasteiger partial charge in [-0.1, -0.05) is 6.92 Å². The molecule has 2 heterocycles. The molecular formula is C22H32N6O4. The van der Waals surface area contributed by atoms with Gasteiger partial charge in [0.2, 0.25) is 0 Å². The number of anilines is 2. The van der Waals surface area contributed by atoms with Crippen LogP contribution in [0.5, 0.6) is 0 Å². The summed E-state index contributed by atoms with van der Waals surface area (Å²) in [5.74, 6) is 0.671. The first-order chi connectivity index (χ1) is 15.3. The minimum absolute atomic E-state index is 0.108. The van der Waals surface area contributed by atoms with Crippen LogP contribution in [0.25, 0.3) is 0 Å². The van der Waals surface area contributed by atoms with Gasteiger partial charge in [-0.25, -0.2) is 4.79 Å². The normalized spacial score (nSPS) is 14.5. The number of rotatable bonds is 9. The summed E-state index contributed by atoms with van der Waals surface area (Å²) in [6.07, 6.45) is 1.99. The van der Waals surface area contributed by atoms with Crippen molar-refractivity contribution in [3.63, 3.8) is 0 Å². The Morgan fingerprint density at radius 1 is 1.00 bits per heavy atom. The van der Waals surface area contributed by atoms with Crippen LogP contribution in [-0.4, -0.2) is 64.8 Å². The Bertz CT molecular complexity index is 1040. The Kier molecular flexibility index (Phi) is 7.68. The molecule has 1 aliphatic heterocycles. The van der Waals surface area contributed by atoms with Crippen LogP contribution in [0.4, 0.5) is 17.2 Å². The molecule has 32 heavy (non-hydrogen) atoms. The summed E-state index contributed by atoms with van der Waals surface area (Å²) in [5.41, 5.74) is 0.524. The largest absolute Gasteiger partial charge is 0.371 e. The van der Waals surface area contributed by atoms with E-state index in [4.69, 9.17) is 0 Å². The highest BCUT2D eigenvalue weighted by Gasteiger charge is 2.20. The molecule has 1 fully saturated rings. The number of piperazine rings is 1. The van der Waals surface area contributed by atoms with Gasteiger partial charge < -0.3 is 9.80 Å². The summed E-state index contributed by atoms with van der Waals surface area (Å²) >= 11 is 0. The average molecular weight is 445 g/mol. The quantitative estimate of drug-likeness (QED) is 0.426. The summed E-state index contributed by atoms with van der Waals surface area (Å²) in [6.45, 7) is 8.14. The molecule has 10 heteroatoms. The molecule has 0 spiro atoms. The molecule has 0 aliphatic carbocycles. The van der Waals surface area contributed by atoms with E-state index in [0.717, 1.165) is 68.9 Å². The summed E-state index contributed by atoms with van der Waals surface area (Å²) < 4.78 is 2.65. The van der Waals surface area contributed by atoms with E-state index < -0.39 is 0 Å². The van der Waals surface area contributed by atoms with E-state index in [1.165, 1.54) is 17.7 Å². The molecule has 1 aromatic heterocycles. The van der Waals surface area contributed by atoms with Gasteiger partial charge in [0, 0.05) is 77.3 Å². The van der Waals surface area contributed by atoms with Crippen molar-refractivity contribution in [2.75, 3.05) is 55.6 Å². The van der Waals surface area contributed by atoms with Crippen molar-refractivity contribution >= 4 is 17.2 Å². The van der Waals surface area contributed by atoms with Crippen molar-refractivity contribution in [2.45, 2.75) is 19.8 Å². The van der Waals surface area contributed by atoms with Crippen LogP contribution in [0.3, 0.4) is 0 Å². The van der Waals surface area contributed by atoms with Gasteiger partial charge in [0.05, 0.1) is 4.92 Å². The van der Waals surface area contributed by atoms with Crippen molar-refractivity contribution in [3.05, 3.63) is 61.3 Å². The summed E-state index contributed by atoms with van der Waals surface area (Å²) in [5, 5.41) is 10.9. The smallest absolute Gasteiger partial charge is 0.332 e. The highest BCUT2D eigenvalue weighted by atomic mass is 16.6. The van der Waals surface area contributed by atoms with E-state index in [-0.39, 0.29) is 21.9 Å². The Hall–Kier alpha value is -3.14. The number of nitrogens with zero attached hydrogens (tertiary/aromatic N) is 6. The second-order valence-corrected chi connectivity index (χ2v) is 8.18. The molecule has 1 aliphatic rings. The molecule has 174 valence electrons. The van der Waals surface area contributed by atoms with E-state index in [0.29, 0.717) is 5.82 Å². The molecule has 2 aromatic rings. The molecule has 0 saturated carbocycles. The number of non-ortho nitro benzene ring substituents is 1. The van der Waals surface area contributed by atoms with Gasteiger partial charge >= 0.3 is 5.69 Å². The predicted octanol–water partition coefficient (Wildman–Crippen LogP) is 1.42. The van der Waals surface area contributed by atoms with Gasteiger partial charge in [0.1, 0.15) is 5.82 Å². The van der Waals surface area contributed by atoms with E-state index in [1.807, 2.05) is 12.1 Å². The molecule has 1 aromatic carbocycles. The van der Waals surface area contributed by atoms with Gasteiger partial charge in [0.15, 0.2) is 0 Å². The SMILES string of the molecule is CCCN(CCCN1CCN(c2cc(=O)n(C)c(=O)n2C)CC1)c1ccc([N+](=O)[O-])cc1. The first-order valence-electron chi connectivity index (χ1n) is 11.1. The zero-order valence-corrected chi connectivity index (χ0v) is 19.1. The summed E-state index contributed by atoms with van der Waals surface area (Å²) in [7, 11) is 3.19. The van der Waals surface area contributed by atoms with Crippen molar-refractivity contribution in [2.24, 2.45) is 14.1 Å². The molecule has 0 unspecified atom stereocenters. The van der Waals surface area contributed by atoms with Gasteiger partial charge in [-0.2, -0.15) is 0 Å². The van der Waals surface area contributed by atoms with Crippen LogP contribution in [0.1, 0.15) is 19.8 Å². The van der Waals surface area contributed by atoms with Crippen LogP contribution in [0.15, 0.2) is 39.9 Å². The molecule has 0 amide bonds. The van der Waals surface area contributed by atoms with E-state index in [2.05, 4.69) is 21.6 Å². The number of benzene rings is 1. The van der Waals surface area contributed by atoms with E-state index in [1.54, 1.807) is 19.2 Å². The summed E-state index contributed by atoms with van der Waals surface area (Å²) in [4.78, 5) is 41.5. The first-order valence-corrected chi connectivity index (χ1v) is 11.1. The van der Waals surface area contributed by atoms with Gasteiger partial charge in [-0.15, -0.1) is 0 Å². The maximum absolute atomic E-state index is 12.2. The lowest BCUT2D eigenvalue weighted by atomic mass is 10.2. The molecule has 0 atom stereocenters. The molecule has 1 saturated heterocycles. The summed E-state index contributed by atoms with van der Waals surface area (Å²) in [6, 6.07) is 8.29. The second kappa shape index (κ2) is 10.4. The Labute approximate surface area is 187 Å². The van der Waals surface area contributed by atoms with Crippen molar-refractivity contribution in [3.8, 4) is 0 Å². The van der Waals surface area contributed by atoms with Gasteiger partial charge in [-0.05, 0) is 31.5 Å². The monoisotopic (exact) mass is 444 g/mol. The first kappa shape index (κ1) is 23.5. The fourth-order valence-corrected chi connectivity index (χ4v) is 4.14. The highest BCUT2D eigenvalue weighted by molar-refractivity contribution is 5.50. The molecule has 10 nitrogen and oxygen atoms in total. The predicted molar refractivity (Wildman–Crippen MR) is 126 cm³/mol. The van der Waals surface area contributed by atoms with Gasteiger partial charge in [-0.3, -0.25) is 28.9 Å². The van der Waals surface area contributed by atoms with E-state index in [9.17, 15) is 19.7 Å². The fraction of sp³-hybridized carbons (Fsp3) is 0.545. The third kappa shape index (κ3) is 5.37. The third-order valence-corrected chi connectivity index (χ3v) is 6.02. The zero-order valence-electron chi connectivity index (χ0n) is 19.1. The lowest BCUT2D eigenvalue weighted by molar-refractivity contribution is -0.384. The second-order valence-electron chi connectivity index (χ2n) is 8.18. The number of hydrogen-bond acceptors (Lipinski definition) is 7. The fourth-order valence-electron chi connectivity index (χ4n) is 4.14. The van der Waals surface area contributed by atoms with Crippen LogP contribution < -0.4 is 21.0 Å².